The zero-order chi connectivity index (χ0) is 29.9. The Morgan fingerprint density at radius 2 is 1.72 bits per heavy atom. The topological polar surface area (TPSA) is 165 Å². The number of nitrogens with one attached hydrogen (secondary N) is 1. The largest absolute Gasteiger partial charge is 0.508 e. The monoisotopic (exact) mass is 576 g/mol. The van der Waals surface area contributed by atoms with Crippen LogP contribution in [0.4, 0.5) is 5.69 Å². The highest BCUT2D eigenvalue weighted by Gasteiger charge is 2.19. The number of anilines is 1. The minimum atomic E-state index is -0.281. The van der Waals surface area contributed by atoms with Gasteiger partial charge in [0.2, 0.25) is 0 Å². The van der Waals surface area contributed by atoms with Crippen molar-refractivity contribution in [2.24, 2.45) is 0 Å². The molecule has 0 unspecified atom stereocenters. The standard InChI is InChI=1S/C31H28N8O4/c32-26-10-1-20(18-39-29(41)12-11-27(35-39)21-4-8-24(40)9-5-21)17-25(26)30(33)28-19-38(36-34-28)23-6-2-22(3-7-23)31(42)37-13-15-43-16-14-37/h1-12,17,19,33,40H,13-16,18,32H2. The average molecular weight is 577 g/mol. The van der Waals surface area contributed by atoms with Gasteiger partial charge in [-0.3, -0.25) is 15.0 Å². The number of phenolic OH excluding ortho intramolecular Hbond substituents is 1. The molecule has 3 aromatic carbocycles. The molecule has 0 radical (unpaired) electrons. The van der Waals surface area contributed by atoms with Crippen molar-refractivity contribution >= 4 is 17.3 Å². The normalized spacial score (nSPS) is 13.2. The van der Waals surface area contributed by atoms with Crippen LogP contribution in [0, 0.1) is 5.41 Å². The lowest BCUT2D eigenvalue weighted by Crippen LogP contribution is -2.40. The molecule has 0 atom stereocenters. The van der Waals surface area contributed by atoms with Gasteiger partial charge in [0.15, 0.2) is 0 Å². The van der Waals surface area contributed by atoms with Crippen molar-refractivity contribution in [1.29, 1.82) is 5.41 Å². The maximum absolute atomic E-state index is 12.7. The van der Waals surface area contributed by atoms with E-state index in [0.29, 0.717) is 60.2 Å². The van der Waals surface area contributed by atoms with Gasteiger partial charge in [-0.1, -0.05) is 11.3 Å². The molecule has 216 valence electrons. The minimum absolute atomic E-state index is 0.0455. The Balaban J connectivity index is 1.20. The maximum Gasteiger partial charge on any atom is 0.267 e. The highest BCUT2D eigenvalue weighted by molar-refractivity contribution is 6.12. The first-order chi connectivity index (χ1) is 20.9. The van der Waals surface area contributed by atoms with E-state index in [1.807, 2.05) is 0 Å². The molecule has 1 aliphatic heterocycles. The summed E-state index contributed by atoms with van der Waals surface area (Å²) in [6.45, 7) is 2.37. The number of nitrogen functional groups attached to an aromatic ring is 1. The zero-order valence-electron chi connectivity index (χ0n) is 23.1. The van der Waals surface area contributed by atoms with Crippen molar-refractivity contribution < 1.29 is 14.6 Å². The Bertz CT molecular complexity index is 1860. The number of phenols is 1. The number of nitrogens with zero attached hydrogens (tertiary/aromatic N) is 6. The summed E-state index contributed by atoms with van der Waals surface area (Å²) in [5.41, 5.74) is 10.5. The smallest absolute Gasteiger partial charge is 0.267 e. The summed E-state index contributed by atoms with van der Waals surface area (Å²) in [5, 5.41) is 31.2. The molecule has 3 heterocycles. The van der Waals surface area contributed by atoms with Crippen LogP contribution in [0.5, 0.6) is 5.75 Å². The molecule has 12 heteroatoms. The van der Waals surface area contributed by atoms with Crippen LogP contribution >= 0.6 is 0 Å². The van der Waals surface area contributed by atoms with Crippen molar-refractivity contribution in [2.45, 2.75) is 6.54 Å². The Hall–Kier alpha value is -5.62. The number of carbonyl (C=O) groups excluding carboxylic acids is 1. The Morgan fingerprint density at radius 3 is 2.47 bits per heavy atom. The van der Waals surface area contributed by atoms with E-state index in [4.69, 9.17) is 15.9 Å². The first-order valence-corrected chi connectivity index (χ1v) is 13.6. The van der Waals surface area contributed by atoms with E-state index in [1.54, 1.807) is 83.9 Å². The van der Waals surface area contributed by atoms with Crippen LogP contribution in [0.25, 0.3) is 16.9 Å². The SMILES string of the molecule is N=C(c1cn(-c2ccc(C(=O)N3CCOCC3)cc2)nn1)c1cc(Cn2nc(-c3ccc(O)cc3)ccc2=O)ccc1N. The molecule has 1 fully saturated rings. The van der Waals surface area contributed by atoms with Crippen molar-refractivity contribution in [3.05, 3.63) is 118 Å². The number of aromatic nitrogens is 5. The molecular formula is C31H28N8O4. The van der Waals surface area contributed by atoms with Crippen LogP contribution in [0.15, 0.2) is 89.9 Å². The van der Waals surface area contributed by atoms with E-state index in [2.05, 4.69) is 15.4 Å². The van der Waals surface area contributed by atoms with E-state index in [9.17, 15) is 14.7 Å². The van der Waals surface area contributed by atoms with Gasteiger partial charge in [-0.2, -0.15) is 5.10 Å². The molecule has 12 nitrogen and oxygen atoms in total. The minimum Gasteiger partial charge on any atom is -0.508 e. The van der Waals surface area contributed by atoms with E-state index >= 15 is 0 Å². The van der Waals surface area contributed by atoms with Crippen LogP contribution < -0.4 is 11.3 Å². The first kappa shape index (κ1) is 27.5. The molecule has 0 saturated carbocycles. The number of hydrogen-bond donors (Lipinski definition) is 3. The Morgan fingerprint density at radius 1 is 0.977 bits per heavy atom. The van der Waals surface area contributed by atoms with Crippen LogP contribution in [0.3, 0.4) is 0 Å². The molecule has 2 aromatic heterocycles. The number of hydrogen-bond acceptors (Lipinski definition) is 9. The number of morpholine rings is 1. The van der Waals surface area contributed by atoms with Crippen LogP contribution in [0.1, 0.15) is 27.2 Å². The number of aromatic hydroxyl groups is 1. The number of rotatable bonds is 7. The maximum atomic E-state index is 12.7. The predicted molar refractivity (Wildman–Crippen MR) is 160 cm³/mol. The molecular weight excluding hydrogens is 548 g/mol. The highest BCUT2D eigenvalue weighted by Crippen LogP contribution is 2.21. The molecule has 0 spiro atoms. The summed E-state index contributed by atoms with van der Waals surface area (Å²) < 4.78 is 8.19. The van der Waals surface area contributed by atoms with Gasteiger partial charge in [0, 0.05) is 41.5 Å². The predicted octanol–water partition coefficient (Wildman–Crippen LogP) is 2.72. The van der Waals surface area contributed by atoms with E-state index < -0.39 is 0 Å². The van der Waals surface area contributed by atoms with Gasteiger partial charge >= 0.3 is 0 Å². The van der Waals surface area contributed by atoms with E-state index in [1.165, 1.54) is 15.4 Å². The fourth-order valence-corrected chi connectivity index (χ4v) is 4.79. The van der Waals surface area contributed by atoms with Crippen molar-refractivity contribution in [3.8, 4) is 22.7 Å². The van der Waals surface area contributed by atoms with E-state index in [0.717, 1.165) is 11.1 Å². The fourth-order valence-electron chi connectivity index (χ4n) is 4.79. The van der Waals surface area contributed by atoms with Crippen molar-refractivity contribution in [2.75, 3.05) is 32.0 Å². The van der Waals surface area contributed by atoms with Gasteiger partial charge in [-0.05, 0) is 72.3 Å². The summed E-state index contributed by atoms with van der Waals surface area (Å²) >= 11 is 0. The molecule has 0 aliphatic carbocycles. The lowest BCUT2D eigenvalue weighted by atomic mass is 10.0. The highest BCUT2D eigenvalue weighted by atomic mass is 16.5. The summed E-state index contributed by atoms with van der Waals surface area (Å²) in [6.07, 6.45) is 1.63. The van der Waals surface area contributed by atoms with Gasteiger partial charge in [0.25, 0.3) is 11.5 Å². The third-order valence-corrected chi connectivity index (χ3v) is 7.18. The molecule has 0 bridgehead atoms. The lowest BCUT2D eigenvalue weighted by Gasteiger charge is -2.26. The molecule has 1 amide bonds. The van der Waals surface area contributed by atoms with Crippen LogP contribution in [-0.4, -0.2) is 72.7 Å². The summed E-state index contributed by atoms with van der Waals surface area (Å²) in [6, 6.07) is 21.9. The third-order valence-electron chi connectivity index (χ3n) is 7.18. The molecule has 5 aromatic rings. The van der Waals surface area contributed by atoms with Gasteiger partial charge in [0.05, 0.1) is 43.0 Å². The van der Waals surface area contributed by atoms with Gasteiger partial charge < -0.3 is 20.5 Å². The summed E-state index contributed by atoms with van der Waals surface area (Å²) in [7, 11) is 0. The third kappa shape index (κ3) is 5.90. The number of benzene rings is 3. The second kappa shape index (κ2) is 11.7. The first-order valence-electron chi connectivity index (χ1n) is 13.6. The van der Waals surface area contributed by atoms with Crippen molar-refractivity contribution in [3.63, 3.8) is 0 Å². The second-order valence-electron chi connectivity index (χ2n) is 10.1. The molecule has 1 aliphatic rings. The lowest BCUT2D eigenvalue weighted by molar-refractivity contribution is 0.0303. The zero-order valence-corrected chi connectivity index (χ0v) is 23.1. The number of nitrogens with two attached hydrogens (primary N) is 1. The quantitative estimate of drug-likeness (QED) is 0.197. The fraction of sp³-hybridized carbons (Fsp3) is 0.161. The summed E-state index contributed by atoms with van der Waals surface area (Å²) in [4.78, 5) is 27.1. The molecule has 1 saturated heterocycles. The number of amides is 1. The average Bonchev–Trinajstić information content (AvgIpc) is 3.54. The van der Waals surface area contributed by atoms with Gasteiger partial charge in [-0.25, -0.2) is 9.36 Å². The van der Waals surface area contributed by atoms with Crippen LogP contribution in [0.2, 0.25) is 0 Å². The van der Waals surface area contributed by atoms with Gasteiger partial charge in [-0.15, -0.1) is 5.10 Å². The Labute approximate surface area is 246 Å². The number of carbonyl (C=O) groups is 1. The second-order valence-corrected chi connectivity index (χ2v) is 10.1. The van der Waals surface area contributed by atoms with E-state index in [-0.39, 0.29) is 29.5 Å². The molecule has 4 N–H and O–H groups in total. The molecule has 6 rings (SSSR count). The van der Waals surface area contributed by atoms with Gasteiger partial charge in [0.1, 0.15) is 11.4 Å². The Kier molecular flexibility index (Phi) is 7.50. The summed E-state index contributed by atoms with van der Waals surface area (Å²) in [5.74, 6) is 0.0960. The van der Waals surface area contributed by atoms with Crippen LogP contribution in [-0.2, 0) is 11.3 Å². The number of ether oxygens (including phenoxy) is 1. The molecule has 43 heavy (non-hydrogen) atoms. The van der Waals surface area contributed by atoms with Crippen molar-refractivity contribution in [1.82, 2.24) is 29.7 Å².